The fourth-order valence-corrected chi connectivity index (χ4v) is 2.16. The van der Waals surface area contributed by atoms with Crippen LogP contribution in [-0.4, -0.2) is 36.5 Å². The maximum atomic E-state index is 5.60. The fourth-order valence-electron chi connectivity index (χ4n) is 2.16. The third-order valence-corrected chi connectivity index (χ3v) is 3.15. The van der Waals surface area contributed by atoms with Crippen molar-refractivity contribution in [1.82, 2.24) is 10.2 Å². The van der Waals surface area contributed by atoms with Crippen molar-refractivity contribution >= 4 is 11.5 Å². The molecule has 5 nitrogen and oxygen atoms in total. The number of hydrogen-bond acceptors (Lipinski definition) is 4. The summed E-state index contributed by atoms with van der Waals surface area (Å²) in [6.07, 6.45) is 0. The Kier molecular flexibility index (Phi) is 2.90. The summed E-state index contributed by atoms with van der Waals surface area (Å²) in [4.78, 5) is 2.33. The quantitative estimate of drug-likeness (QED) is 0.840. The van der Waals surface area contributed by atoms with Crippen molar-refractivity contribution in [1.29, 1.82) is 0 Å². The molecule has 0 bridgehead atoms. The molecule has 94 valence electrons. The summed E-state index contributed by atoms with van der Waals surface area (Å²) in [6, 6.07) is 10.2. The Balaban J connectivity index is 1.80. The van der Waals surface area contributed by atoms with Crippen LogP contribution in [0.1, 0.15) is 0 Å². The first-order chi connectivity index (χ1) is 8.83. The standard InChI is InChI=1S/C13H16N4O/c14-13-9-12(15-16-13)10-1-3-11(4-2-10)17-5-7-18-8-6-17/h1-4,9H,5-8H2,(H3,14,15,16). The topological polar surface area (TPSA) is 67.2 Å². The Bertz CT molecular complexity index is 514. The molecule has 1 aliphatic rings. The minimum atomic E-state index is 0.516. The Morgan fingerprint density at radius 3 is 2.50 bits per heavy atom. The lowest BCUT2D eigenvalue weighted by atomic mass is 10.1. The van der Waals surface area contributed by atoms with Crippen LogP contribution in [0.15, 0.2) is 30.3 Å². The number of nitrogens with zero attached hydrogens (tertiary/aromatic N) is 2. The third-order valence-electron chi connectivity index (χ3n) is 3.15. The highest BCUT2D eigenvalue weighted by atomic mass is 16.5. The number of hydrogen-bond donors (Lipinski definition) is 2. The van der Waals surface area contributed by atoms with Gasteiger partial charge in [0.1, 0.15) is 5.82 Å². The smallest absolute Gasteiger partial charge is 0.145 e. The van der Waals surface area contributed by atoms with Crippen LogP contribution in [0.5, 0.6) is 0 Å². The molecule has 5 heteroatoms. The van der Waals surface area contributed by atoms with Crippen LogP contribution >= 0.6 is 0 Å². The van der Waals surface area contributed by atoms with Gasteiger partial charge in [0.2, 0.25) is 0 Å². The number of rotatable bonds is 2. The molecule has 0 spiro atoms. The number of nitrogens with one attached hydrogen (secondary N) is 1. The van der Waals surface area contributed by atoms with Gasteiger partial charge in [-0.3, -0.25) is 5.10 Å². The maximum absolute atomic E-state index is 5.60. The molecule has 2 heterocycles. The van der Waals surface area contributed by atoms with E-state index in [9.17, 15) is 0 Å². The summed E-state index contributed by atoms with van der Waals surface area (Å²) < 4.78 is 5.35. The zero-order chi connectivity index (χ0) is 12.4. The van der Waals surface area contributed by atoms with E-state index >= 15 is 0 Å². The number of aromatic nitrogens is 2. The van der Waals surface area contributed by atoms with Gasteiger partial charge in [0.15, 0.2) is 0 Å². The van der Waals surface area contributed by atoms with Crippen LogP contribution in [0.4, 0.5) is 11.5 Å². The predicted molar refractivity (Wildman–Crippen MR) is 71.5 cm³/mol. The first kappa shape index (κ1) is 11.1. The molecule has 18 heavy (non-hydrogen) atoms. The molecular formula is C13H16N4O. The number of nitrogen functional groups attached to an aromatic ring is 1. The third kappa shape index (κ3) is 2.17. The minimum absolute atomic E-state index is 0.516. The number of anilines is 2. The Morgan fingerprint density at radius 1 is 1.17 bits per heavy atom. The van der Waals surface area contributed by atoms with Crippen molar-refractivity contribution in [2.24, 2.45) is 0 Å². The minimum Gasteiger partial charge on any atom is -0.382 e. The highest BCUT2D eigenvalue weighted by Gasteiger charge is 2.11. The maximum Gasteiger partial charge on any atom is 0.145 e. The van der Waals surface area contributed by atoms with Crippen molar-refractivity contribution in [2.75, 3.05) is 36.9 Å². The molecule has 3 rings (SSSR count). The molecule has 2 aromatic rings. The zero-order valence-electron chi connectivity index (χ0n) is 10.1. The summed E-state index contributed by atoms with van der Waals surface area (Å²) in [5.41, 5.74) is 8.87. The van der Waals surface area contributed by atoms with Gasteiger partial charge in [0.25, 0.3) is 0 Å². The van der Waals surface area contributed by atoms with E-state index in [1.54, 1.807) is 0 Å². The predicted octanol–water partition coefficient (Wildman–Crippen LogP) is 1.50. The van der Waals surface area contributed by atoms with Gasteiger partial charge in [-0.05, 0) is 17.7 Å². The van der Waals surface area contributed by atoms with E-state index in [1.165, 1.54) is 5.69 Å². The number of aromatic amines is 1. The average molecular weight is 244 g/mol. The molecule has 1 aromatic heterocycles. The summed E-state index contributed by atoms with van der Waals surface area (Å²) in [5.74, 6) is 0.516. The second kappa shape index (κ2) is 4.70. The molecule has 3 N–H and O–H groups in total. The van der Waals surface area contributed by atoms with Gasteiger partial charge in [0.05, 0.1) is 18.9 Å². The first-order valence-corrected chi connectivity index (χ1v) is 6.07. The zero-order valence-corrected chi connectivity index (χ0v) is 10.1. The number of H-pyrrole nitrogens is 1. The van der Waals surface area contributed by atoms with Gasteiger partial charge < -0.3 is 15.4 Å². The van der Waals surface area contributed by atoms with E-state index in [2.05, 4.69) is 39.4 Å². The van der Waals surface area contributed by atoms with E-state index in [-0.39, 0.29) is 0 Å². The Hall–Kier alpha value is -2.01. The number of ether oxygens (including phenoxy) is 1. The van der Waals surface area contributed by atoms with E-state index in [0.717, 1.165) is 37.6 Å². The molecule has 0 saturated carbocycles. The second-order valence-corrected chi connectivity index (χ2v) is 4.35. The highest BCUT2D eigenvalue weighted by molar-refractivity contribution is 5.65. The van der Waals surface area contributed by atoms with Gasteiger partial charge >= 0.3 is 0 Å². The molecule has 0 radical (unpaired) electrons. The largest absolute Gasteiger partial charge is 0.382 e. The van der Waals surface area contributed by atoms with Crippen molar-refractivity contribution in [3.8, 4) is 11.3 Å². The SMILES string of the molecule is Nc1cc(-c2ccc(N3CCOCC3)cc2)[nH]n1. The van der Waals surface area contributed by atoms with Crippen LogP contribution in [0.25, 0.3) is 11.3 Å². The molecule has 1 saturated heterocycles. The lowest BCUT2D eigenvalue weighted by molar-refractivity contribution is 0.122. The molecule has 0 atom stereocenters. The van der Waals surface area contributed by atoms with E-state index in [0.29, 0.717) is 5.82 Å². The lowest BCUT2D eigenvalue weighted by Gasteiger charge is -2.28. The summed E-state index contributed by atoms with van der Waals surface area (Å²) >= 11 is 0. The van der Waals surface area contributed by atoms with Crippen LogP contribution in [0.3, 0.4) is 0 Å². The molecule has 0 amide bonds. The fraction of sp³-hybridized carbons (Fsp3) is 0.308. The molecule has 1 aliphatic heterocycles. The molecule has 0 aliphatic carbocycles. The monoisotopic (exact) mass is 244 g/mol. The van der Waals surface area contributed by atoms with Crippen LogP contribution in [-0.2, 0) is 4.74 Å². The number of benzene rings is 1. The van der Waals surface area contributed by atoms with E-state index in [1.807, 2.05) is 6.07 Å². The summed E-state index contributed by atoms with van der Waals surface area (Å²) in [7, 11) is 0. The van der Waals surface area contributed by atoms with Crippen LogP contribution in [0.2, 0.25) is 0 Å². The number of nitrogens with two attached hydrogens (primary N) is 1. The van der Waals surface area contributed by atoms with Gasteiger partial charge in [-0.15, -0.1) is 0 Å². The first-order valence-electron chi connectivity index (χ1n) is 6.07. The van der Waals surface area contributed by atoms with Crippen molar-refractivity contribution in [3.63, 3.8) is 0 Å². The Morgan fingerprint density at radius 2 is 1.89 bits per heavy atom. The highest BCUT2D eigenvalue weighted by Crippen LogP contribution is 2.23. The van der Waals surface area contributed by atoms with E-state index in [4.69, 9.17) is 10.5 Å². The van der Waals surface area contributed by atoms with E-state index < -0.39 is 0 Å². The molecule has 1 aromatic carbocycles. The van der Waals surface area contributed by atoms with Crippen molar-refractivity contribution in [2.45, 2.75) is 0 Å². The van der Waals surface area contributed by atoms with Crippen molar-refractivity contribution < 1.29 is 4.74 Å². The molecule has 1 fully saturated rings. The van der Waals surface area contributed by atoms with Gasteiger partial charge in [-0.2, -0.15) is 5.10 Å². The number of morpholine rings is 1. The normalized spacial score (nSPS) is 15.9. The second-order valence-electron chi connectivity index (χ2n) is 4.35. The lowest BCUT2D eigenvalue weighted by Crippen LogP contribution is -2.36. The van der Waals surface area contributed by atoms with Crippen LogP contribution < -0.4 is 10.6 Å². The van der Waals surface area contributed by atoms with Crippen LogP contribution in [0, 0.1) is 0 Å². The van der Waals surface area contributed by atoms with Gasteiger partial charge in [-0.25, -0.2) is 0 Å². The van der Waals surface area contributed by atoms with Crippen molar-refractivity contribution in [3.05, 3.63) is 30.3 Å². The summed E-state index contributed by atoms with van der Waals surface area (Å²) in [6.45, 7) is 3.52. The van der Waals surface area contributed by atoms with Gasteiger partial charge in [0, 0.05) is 24.8 Å². The average Bonchev–Trinajstić information content (AvgIpc) is 2.87. The Labute approximate surface area is 106 Å². The summed E-state index contributed by atoms with van der Waals surface area (Å²) in [5, 5.41) is 6.84. The molecular weight excluding hydrogens is 228 g/mol. The van der Waals surface area contributed by atoms with Gasteiger partial charge in [-0.1, -0.05) is 12.1 Å². The molecule has 0 unspecified atom stereocenters.